The van der Waals surface area contributed by atoms with Gasteiger partial charge in [-0.1, -0.05) is 12.1 Å². The molecular formula is C22H28O7. The van der Waals surface area contributed by atoms with Crippen molar-refractivity contribution in [3.8, 4) is 28.4 Å². The molecule has 0 aliphatic rings. The topological polar surface area (TPSA) is 72.5 Å². The lowest BCUT2D eigenvalue weighted by Crippen LogP contribution is -2.12. The van der Waals surface area contributed by atoms with Gasteiger partial charge < -0.3 is 28.4 Å². The van der Waals surface area contributed by atoms with Crippen LogP contribution in [0.3, 0.4) is 0 Å². The standard InChI is InChI=1S/C22H28O7/c1-15(23)21-18(9-10-24-2)22(16-7-6-8-17(11-16)27-5)20(29-14-26-4)12-19(21)28-13-25-3/h6-8,11-12H,9-10,13-14H2,1-5H3. The molecule has 29 heavy (non-hydrogen) atoms. The molecule has 0 bridgehead atoms. The van der Waals surface area contributed by atoms with Crippen molar-refractivity contribution in [2.24, 2.45) is 0 Å². The molecule has 0 unspecified atom stereocenters. The normalized spacial score (nSPS) is 10.7. The van der Waals surface area contributed by atoms with E-state index in [9.17, 15) is 4.79 Å². The quantitative estimate of drug-likeness (QED) is 0.394. The summed E-state index contributed by atoms with van der Waals surface area (Å²) in [6, 6.07) is 9.27. The third-order valence-electron chi connectivity index (χ3n) is 4.29. The first kappa shape index (κ1) is 22.7. The van der Waals surface area contributed by atoms with Gasteiger partial charge in [-0.05, 0) is 36.6 Å². The van der Waals surface area contributed by atoms with Crippen molar-refractivity contribution in [3.63, 3.8) is 0 Å². The number of benzene rings is 2. The molecule has 7 heteroatoms. The van der Waals surface area contributed by atoms with Gasteiger partial charge in [0.1, 0.15) is 17.2 Å². The van der Waals surface area contributed by atoms with E-state index in [1.54, 1.807) is 27.4 Å². The number of hydrogen-bond donors (Lipinski definition) is 0. The van der Waals surface area contributed by atoms with E-state index in [1.165, 1.54) is 14.0 Å². The zero-order chi connectivity index (χ0) is 21.2. The van der Waals surface area contributed by atoms with E-state index in [-0.39, 0.29) is 19.4 Å². The second-order valence-electron chi connectivity index (χ2n) is 6.23. The first-order valence-corrected chi connectivity index (χ1v) is 9.15. The van der Waals surface area contributed by atoms with Crippen LogP contribution in [0.5, 0.6) is 17.2 Å². The fraction of sp³-hybridized carbons (Fsp3) is 0.409. The van der Waals surface area contributed by atoms with Crippen molar-refractivity contribution in [3.05, 3.63) is 41.5 Å². The van der Waals surface area contributed by atoms with Gasteiger partial charge in [0, 0.05) is 33.0 Å². The van der Waals surface area contributed by atoms with E-state index in [4.69, 9.17) is 28.4 Å². The number of rotatable bonds is 12. The summed E-state index contributed by atoms with van der Waals surface area (Å²) in [5, 5.41) is 0. The van der Waals surface area contributed by atoms with Crippen LogP contribution >= 0.6 is 0 Å². The highest BCUT2D eigenvalue weighted by atomic mass is 16.7. The van der Waals surface area contributed by atoms with Gasteiger partial charge in [-0.15, -0.1) is 0 Å². The minimum absolute atomic E-state index is 0.00617. The molecule has 0 amide bonds. The van der Waals surface area contributed by atoms with E-state index < -0.39 is 0 Å². The summed E-state index contributed by atoms with van der Waals surface area (Å²) in [5.74, 6) is 1.50. The molecule has 158 valence electrons. The first-order chi connectivity index (χ1) is 14.1. The Labute approximate surface area is 171 Å². The summed E-state index contributed by atoms with van der Waals surface area (Å²) >= 11 is 0. The van der Waals surface area contributed by atoms with Crippen LogP contribution in [0.2, 0.25) is 0 Å². The Kier molecular flexibility index (Phi) is 8.92. The van der Waals surface area contributed by atoms with Crippen molar-refractivity contribution in [1.82, 2.24) is 0 Å². The number of Topliss-reactive ketones (excluding diaryl/α,β-unsaturated/α-hetero) is 1. The van der Waals surface area contributed by atoms with Gasteiger partial charge in [-0.3, -0.25) is 4.79 Å². The second-order valence-corrected chi connectivity index (χ2v) is 6.23. The van der Waals surface area contributed by atoms with Crippen molar-refractivity contribution in [2.45, 2.75) is 13.3 Å². The minimum Gasteiger partial charge on any atom is -0.497 e. The van der Waals surface area contributed by atoms with Crippen molar-refractivity contribution in [1.29, 1.82) is 0 Å². The van der Waals surface area contributed by atoms with Crippen LogP contribution in [-0.4, -0.2) is 54.4 Å². The fourth-order valence-electron chi connectivity index (χ4n) is 3.09. The molecule has 0 radical (unpaired) electrons. The first-order valence-electron chi connectivity index (χ1n) is 9.15. The molecule has 0 spiro atoms. The maximum atomic E-state index is 12.6. The summed E-state index contributed by atoms with van der Waals surface area (Å²) in [7, 11) is 6.29. The predicted octanol–water partition coefficient (Wildman–Crippen LogP) is 3.72. The molecule has 0 aliphatic carbocycles. The Morgan fingerprint density at radius 2 is 1.59 bits per heavy atom. The lowest BCUT2D eigenvalue weighted by atomic mass is 9.90. The van der Waals surface area contributed by atoms with Crippen molar-refractivity contribution in [2.75, 3.05) is 48.6 Å². The van der Waals surface area contributed by atoms with E-state index in [0.717, 1.165) is 16.7 Å². The number of carbonyl (C=O) groups excluding carboxylic acids is 1. The Hall–Kier alpha value is -2.61. The van der Waals surface area contributed by atoms with Gasteiger partial charge in [0.05, 0.1) is 19.3 Å². The van der Waals surface area contributed by atoms with E-state index in [1.807, 2.05) is 24.3 Å². The number of methoxy groups -OCH3 is 4. The van der Waals surface area contributed by atoms with Crippen LogP contribution in [0.1, 0.15) is 22.8 Å². The van der Waals surface area contributed by atoms with E-state index in [0.29, 0.717) is 35.8 Å². The molecule has 0 heterocycles. The van der Waals surface area contributed by atoms with Crippen LogP contribution in [-0.2, 0) is 20.6 Å². The summed E-state index contributed by atoms with van der Waals surface area (Å²) in [6.45, 7) is 1.99. The molecule has 0 saturated heterocycles. The molecule has 0 N–H and O–H groups in total. The highest BCUT2D eigenvalue weighted by Gasteiger charge is 2.24. The molecule has 0 saturated carbocycles. The Bertz CT molecular complexity index is 817. The SMILES string of the molecule is COCCc1c(C(C)=O)c(OCOC)cc(OCOC)c1-c1cccc(OC)c1. The third-order valence-corrected chi connectivity index (χ3v) is 4.29. The summed E-state index contributed by atoms with van der Waals surface area (Å²) < 4.78 is 32.3. The molecule has 0 aromatic heterocycles. The summed E-state index contributed by atoms with van der Waals surface area (Å²) in [5.41, 5.74) is 2.87. The average Bonchev–Trinajstić information content (AvgIpc) is 2.73. The van der Waals surface area contributed by atoms with Crippen molar-refractivity contribution < 1.29 is 33.2 Å². The molecule has 2 aromatic rings. The second kappa shape index (κ2) is 11.4. The van der Waals surface area contributed by atoms with E-state index in [2.05, 4.69) is 0 Å². The predicted molar refractivity (Wildman–Crippen MR) is 109 cm³/mol. The molecule has 7 nitrogen and oxygen atoms in total. The molecule has 2 aromatic carbocycles. The summed E-state index contributed by atoms with van der Waals surface area (Å²) in [4.78, 5) is 12.6. The maximum absolute atomic E-state index is 12.6. The lowest BCUT2D eigenvalue weighted by Gasteiger charge is -2.22. The number of ketones is 1. The highest BCUT2D eigenvalue weighted by molar-refractivity contribution is 6.01. The number of carbonyl (C=O) groups is 1. The van der Waals surface area contributed by atoms with Crippen LogP contribution in [0, 0.1) is 0 Å². The highest BCUT2D eigenvalue weighted by Crippen LogP contribution is 2.42. The smallest absolute Gasteiger partial charge is 0.188 e. The molecule has 0 atom stereocenters. The van der Waals surface area contributed by atoms with Gasteiger partial charge >= 0.3 is 0 Å². The Morgan fingerprint density at radius 3 is 2.17 bits per heavy atom. The van der Waals surface area contributed by atoms with Crippen LogP contribution < -0.4 is 14.2 Å². The monoisotopic (exact) mass is 404 g/mol. The summed E-state index contributed by atoms with van der Waals surface area (Å²) in [6.07, 6.45) is 0.492. The number of ether oxygens (including phenoxy) is 6. The zero-order valence-electron chi connectivity index (χ0n) is 17.6. The minimum atomic E-state index is -0.121. The molecule has 2 rings (SSSR count). The zero-order valence-corrected chi connectivity index (χ0v) is 17.6. The van der Waals surface area contributed by atoms with Crippen LogP contribution in [0.15, 0.2) is 30.3 Å². The Morgan fingerprint density at radius 1 is 0.897 bits per heavy atom. The lowest BCUT2D eigenvalue weighted by molar-refractivity contribution is 0.0457. The van der Waals surface area contributed by atoms with Crippen molar-refractivity contribution >= 4 is 5.78 Å². The largest absolute Gasteiger partial charge is 0.497 e. The maximum Gasteiger partial charge on any atom is 0.188 e. The third kappa shape index (κ3) is 5.69. The Balaban J connectivity index is 2.79. The van der Waals surface area contributed by atoms with Gasteiger partial charge in [-0.2, -0.15) is 0 Å². The van der Waals surface area contributed by atoms with E-state index >= 15 is 0 Å². The molecule has 0 fully saturated rings. The fourth-order valence-corrected chi connectivity index (χ4v) is 3.09. The van der Waals surface area contributed by atoms with Gasteiger partial charge in [-0.25, -0.2) is 0 Å². The van der Waals surface area contributed by atoms with Crippen LogP contribution in [0.25, 0.3) is 11.1 Å². The van der Waals surface area contributed by atoms with Crippen LogP contribution in [0.4, 0.5) is 0 Å². The van der Waals surface area contributed by atoms with Gasteiger partial charge in [0.2, 0.25) is 0 Å². The molecule has 0 aliphatic heterocycles. The average molecular weight is 404 g/mol. The van der Waals surface area contributed by atoms with Gasteiger partial charge in [0.25, 0.3) is 0 Å². The van der Waals surface area contributed by atoms with Gasteiger partial charge in [0.15, 0.2) is 19.4 Å². The molecular weight excluding hydrogens is 376 g/mol. The number of hydrogen-bond acceptors (Lipinski definition) is 7.